The Bertz CT molecular complexity index is 586. The van der Waals surface area contributed by atoms with E-state index in [9.17, 15) is 0 Å². The molecule has 1 aliphatic rings. The van der Waals surface area contributed by atoms with Gasteiger partial charge in [-0.1, -0.05) is 0 Å². The van der Waals surface area contributed by atoms with Crippen LogP contribution in [0.5, 0.6) is 0 Å². The zero-order chi connectivity index (χ0) is 14.5. The number of aromatic nitrogens is 5. The van der Waals surface area contributed by atoms with Crippen molar-refractivity contribution < 1.29 is 0 Å². The molecule has 1 N–H and O–H groups in total. The van der Waals surface area contributed by atoms with Crippen molar-refractivity contribution in [1.29, 1.82) is 0 Å². The van der Waals surface area contributed by atoms with E-state index >= 15 is 0 Å². The Morgan fingerprint density at radius 3 is 2.76 bits per heavy atom. The highest BCUT2D eigenvalue weighted by molar-refractivity contribution is 6.28. The first-order valence-electron chi connectivity index (χ1n) is 6.96. The molecule has 3 heterocycles. The summed E-state index contributed by atoms with van der Waals surface area (Å²) in [5.41, 5.74) is 0.862. The van der Waals surface area contributed by atoms with Crippen molar-refractivity contribution >= 4 is 23.5 Å². The van der Waals surface area contributed by atoms with Gasteiger partial charge in [-0.25, -0.2) is 9.97 Å². The SMILES string of the molecule is Clc1nc(NCc2ccncn2)nc(N2CCCCC2)n1. The van der Waals surface area contributed by atoms with Crippen LogP contribution in [0.15, 0.2) is 18.6 Å². The van der Waals surface area contributed by atoms with Crippen LogP contribution in [0.2, 0.25) is 5.28 Å². The molecule has 0 bridgehead atoms. The van der Waals surface area contributed by atoms with E-state index in [-0.39, 0.29) is 5.28 Å². The third-order valence-electron chi connectivity index (χ3n) is 3.31. The first-order chi connectivity index (χ1) is 10.3. The Labute approximate surface area is 127 Å². The van der Waals surface area contributed by atoms with Crippen molar-refractivity contribution in [2.24, 2.45) is 0 Å². The van der Waals surface area contributed by atoms with Crippen LogP contribution < -0.4 is 10.2 Å². The first-order valence-corrected chi connectivity index (χ1v) is 7.34. The second-order valence-electron chi connectivity index (χ2n) is 4.83. The second kappa shape index (κ2) is 6.62. The lowest BCUT2D eigenvalue weighted by Gasteiger charge is -2.26. The maximum atomic E-state index is 6.00. The molecule has 1 saturated heterocycles. The molecule has 0 radical (unpaired) electrons. The van der Waals surface area contributed by atoms with Crippen LogP contribution in [0.4, 0.5) is 11.9 Å². The number of hydrogen-bond donors (Lipinski definition) is 1. The van der Waals surface area contributed by atoms with Crippen molar-refractivity contribution in [3.8, 4) is 0 Å². The molecule has 1 aliphatic heterocycles. The van der Waals surface area contributed by atoms with E-state index in [1.807, 2.05) is 6.07 Å². The van der Waals surface area contributed by atoms with Gasteiger partial charge in [0.2, 0.25) is 17.2 Å². The summed E-state index contributed by atoms with van der Waals surface area (Å²) in [4.78, 5) is 22.9. The van der Waals surface area contributed by atoms with E-state index < -0.39 is 0 Å². The molecule has 0 atom stereocenters. The minimum Gasteiger partial charge on any atom is -0.348 e. The van der Waals surface area contributed by atoms with Gasteiger partial charge in [-0.05, 0) is 36.9 Å². The van der Waals surface area contributed by atoms with E-state index in [0.717, 1.165) is 31.6 Å². The van der Waals surface area contributed by atoms with Crippen LogP contribution in [-0.2, 0) is 6.54 Å². The van der Waals surface area contributed by atoms with E-state index in [4.69, 9.17) is 11.6 Å². The molecule has 2 aromatic rings. The molecule has 0 amide bonds. The fourth-order valence-corrected chi connectivity index (χ4v) is 2.40. The highest BCUT2D eigenvalue weighted by atomic mass is 35.5. The average Bonchev–Trinajstić information content (AvgIpc) is 2.54. The van der Waals surface area contributed by atoms with E-state index in [1.165, 1.54) is 12.7 Å². The molecule has 7 nitrogen and oxygen atoms in total. The Morgan fingerprint density at radius 1 is 1.14 bits per heavy atom. The molecule has 8 heteroatoms. The molecule has 21 heavy (non-hydrogen) atoms. The van der Waals surface area contributed by atoms with E-state index in [2.05, 4.69) is 35.1 Å². The predicted octanol–water partition coefficient (Wildman–Crippen LogP) is 1.92. The number of hydrogen-bond acceptors (Lipinski definition) is 7. The number of anilines is 2. The average molecular weight is 306 g/mol. The van der Waals surface area contributed by atoms with Crippen molar-refractivity contribution in [1.82, 2.24) is 24.9 Å². The Kier molecular flexibility index (Phi) is 4.40. The monoisotopic (exact) mass is 305 g/mol. The summed E-state index contributed by atoms with van der Waals surface area (Å²) >= 11 is 6.00. The van der Waals surface area contributed by atoms with Gasteiger partial charge in [-0.2, -0.15) is 15.0 Å². The van der Waals surface area contributed by atoms with Crippen molar-refractivity contribution in [2.75, 3.05) is 23.3 Å². The largest absolute Gasteiger partial charge is 0.348 e. The zero-order valence-electron chi connectivity index (χ0n) is 11.5. The summed E-state index contributed by atoms with van der Waals surface area (Å²) in [5, 5.41) is 3.32. The molecule has 110 valence electrons. The summed E-state index contributed by atoms with van der Waals surface area (Å²) in [7, 11) is 0. The van der Waals surface area contributed by atoms with Gasteiger partial charge >= 0.3 is 0 Å². The van der Waals surface area contributed by atoms with E-state index in [1.54, 1.807) is 6.20 Å². The summed E-state index contributed by atoms with van der Waals surface area (Å²) in [6.07, 6.45) is 6.79. The highest BCUT2D eigenvalue weighted by Crippen LogP contribution is 2.18. The van der Waals surface area contributed by atoms with Gasteiger partial charge in [0.1, 0.15) is 6.33 Å². The predicted molar refractivity (Wildman–Crippen MR) is 80.3 cm³/mol. The van der Waals surface area contributed by atoms with Crippen LogP contribution in [0.3, 0.4) is 0 Å². The molecule has 0 unspecified atom stereocenters. The molecule has 0 aromatic carbocycles. The van der Waals surface area contributed by atoms with Crippen molar-refractivity contribution in [3.63, 3.8) is 0 Å². The smallest absolute Gasteiger partial charge is 0.231 e. The second-order valence-corrected chi connectivity index (χ2v) is 5.17. The lowest BCUT2D eigenvalue weighted by molar-refractivity contribution is 0.567. The number of halogens is 1. The Hall–Kier alpha value is -2.02. The van der Waals surface area contributed by atoms with Gasteiger partial charge in [-0.15, -0.1) is 0 Å². The van der Waals surface area contributed by atoms with Gasteiger partial charge in [0.15, 0.2) is 0 Å². The number of nitrogens with zero attached hydrogens (tertiary/aromatic N) is 6. The number of piperidine rings is 1. The maximum Gasteiger partial charge on any atom is 0.231 e. The Balaban J connectivity index is 1.71. The van der Waals surface area contributed by atoms with Crippen molar-refractivity contribution in [3.05, 3.63) is 29.6 Å². The van der Waals surface area contributed by atoms with Gasteiger partial charge in [0.05, 0.1) is 12.2 Å². The molecular weight excluding hydrogens is 290 g/mol. The van der Waals surface area contributed by atoms with Crippen LogP contribution in [0.25, 0.3) is 0 Å². The summed E-state index contributed by atoms with van der Waals surface area (Å²) in [5.74, 6) is 1.11. The third kappa shape index (κ3) is 3.75. The molecule has 1 fully saturated rings. The lowest BCUT2D eigenvalue weighted by Crippen LogP contribution is -2.31. The highest BCUT2D eigenvalue weighted by Gasteiger charge is 2.15. The minimum atomic E-state index is 0.204. The quantitative estimate of drug-likeness (QED) is 0.924. The van der Waals surface area contributed by atoms with Crippen LogP contribution in [0.1, 0.15) is 25.0 Å². The molecular formula is C13H16ClN7. The summed E-state index contributed by atoms with van der Waals surface area (Å²) in [6, 6.07) is 1.83. The molecule has 3 rings (SSSR count). The standard InChI is InChI=1S/C13H16ClN7/c14-11-18-12(16-8-10-4-5-15-9-17-10)20-13(19-11)21-6-2-1-3-7-21/h4-5,9H,1-3,6-8H2,(H,16,18,19,20). The van der Waals surface area contributed by atoms with Gasteiger partial charge in [0.25, 0.3) is 0 Å². The van der Waals surface area contributed by atoms with Crippen LogP contribution in [0, 0.1) is 0 Å². The Morgan fingerprint density at radius 2 is 2.00 bits per heavy atom. The molecule has 2 aromatic heterocycles. The molecule has 0 spiro atoms. The fourth-order valence-electron chi connectivity index (χ4n) is 2.25. The minimum absolute atomic E-state index is 0.204. The first kappa shape index (κ1) is 13.9. The normalized spacial score (nSPS) is 15.0. The summed E-state index contributed by atoms with van der Waals surface area (Å²) < 4.78 is 0. The van der Waals surface area contributed by atoms with Gasteiger partial charge in [-0.3, -0.25) is 0 Å². The lowest BCUT2D eigenvalue weighted by atomic mass is 10.1. The third-order valence-corrected chi connectivity index (χ3v) is 3.48. The van der Waals surface area contributed by atoms with E-state index in [0.29, 0.717) is 18.4 Å². The fraction of sp³-hybridized carbons (Fsp3) is 0.462. The van der Waals surface area contributed by atoms with Crippen LogP contribution >= 0.6 is 11.6 Å². The van der Waals surface area contributed by atoms with Crippen molar-refractivity contribution in [2.45, 2.75) is 25.8 Å². The molecule has 0 saturated carbocycles. The number of rotatable bonds is 4. The van der Waals surface area contributed by atoms with Crippen LogP contribution in [-0.4, -0.2) is 38.0 Å². The van der Waals surface area contributed by atoms with Gasteiger partial charge in [0, 0.05) is 19.3 Å². The summed E-state index contributed by atoms with van der Waals surface area (Å²) in [6.45, 7) is 2.44. The topological polar surface area (TPSA) is 79.7 Å². The zero-order valence-corrected chi connectivity index (χ0v) is 12.3. The molecule has 0 aliphatic carbocycles. The van der Waals surface area contributed by atoms with Gasteiger partial charge < -0.3 is 10.2 Å². The number of nitrogens with one attached hydrogen (secondary N) is 1. The maximum absolute atomic E-state index is 6.00.